The molecule has 0 atom stereocenters. The molecule has 0 amide bonds. The number of hydrogen-bond donors (Lipinski definition) is 2. The average Bonchev–Trinajstić information content (AvgIpc) is 3.02. The van der Waals surface area contributed by atoms with Gasteiger partial charge in [-0.2, -0.15) is 15.1 Å². The van der Waals surface area contributed by atoms with Gasteiger partial charge in [-0.25, -0.2) is 0 Å². The highest BCUT2D eigenvalue weighted by molar-refractivity contribution is 5.87. The summed E-state index contributed by atoms with van der Waals surface area (Å²) in [5.74, 6) is 1.31. The van der Waals surface area contributed by atoms with E-state index in [2.05, 4.69) is 56.9 Å². The minimum atomic E-state index is 0.544. The molecule has 4 aromatic rings. The number of benzene rings is 2. The molecule has 0 fully saturated rings. The molecule has 0 bridgehead atoms. The van der Waals surface area contributed by atoms with Gasteiger partial charge < -0.3 is 10.6 Å². The Morgan fingerprint density at radius 2 is 1.85 bits per heavy atom. The number of aryl methyl sites for hydroxylation is 2. The van der Waals surface area contributed by atoms with Gasteiger partial charge in [-0.15, -0.1) is 0 Å². The Balaban J connectivity index is 1.67. The first-order valence-electron chi connectivity index (χ1n) is 8.50. The van der Waals surface area contributed by atoms with Crippen LogP contribution in [0.25, 0.3) is 11.0 Å². The van der Waals surface area contributed by atoms with Crippen LogP contribution in [0.15, 0.2) is 60.8 Å². The van der Waals surface area contributed by atoms with Gasteiger partial charge in [0.1, 0.15) is 5.82 Å². The van der Waals surface area contributed by atoms with Gasteiger partial charge >= 0.3 is 0 Å². The molecular formula is C20H20N6. The van der Waals surface area contributed by atoms with Crippen LogP contribution in [0.4, 0.5) is 17.5 Å². The lowest BCUT2D eigenvalue weighted by Gasteiger charge is -2.11. The fourth-order valence-corrected chi connectivity index (χ4v) is 2.85. The third kappa shape index (κ3) is 3.35. The van der Waals surface area contributed by atoms with Gasteiger partial charge in [0.25, 0.3) is 0 Å². The first-order chi connectivity index (χ1) is 12.7. The first-order valence-corrected chi connectivity index (χ1v) is 8.50. The zero-order chi connectivity index (χ0) is 17.9. The highest BCUT2D eigenvalue weighted by Crippen LogP contribution is 2.24. The predicted octanol–water partition coefficient (Wildman–Crippen LogP) is 4.03. The van der Waals surface area contributed by atoms with Crippen molar-refractivity contribution in [1.29, 1.82) is 0 Å². The summed E-state index contributed by atoms with van der Waals surface area (Å²) >= 11 is 0. The van der Waals surface area contributed by atoms with Crippen LogP contribution in [0.3, 0.4) is 0 Å². The first kappa shape index (κ1) is 16.1. The molecule has 26 heavy (non-hydrogen) atoms. The molecular weight excluding hydrogens is 324 g/mol. The van der Waals surface area contributed by atoms with Crippen LogP contribution in [-0.2, 0) is 13.6 Å². The molecule has 130 valence electrons. The van der Waals surface area contributed by atoms with Crippen molar-refractivity contribution in [3.63, 3.8) is 0 Å². The smallest absolute Gasteiger partial charge is 0.231 e. The third-order valence-electron chi connectivity index (χ3n) is 4.17. The van der Waals surface area contributed by atoms with Crippen LogP contribution in [-0.4, -0.2) is 19.7 Å². The normalized spacial score (nSPS) is 10.8. The fourth-order valence-electron chi connectivity index (χ4n) is 2.85. The molecule has 0 radical (unpaired) electrons. The van der Waals surface area contributed by atoms with E-state index < -0.39 is 0 Å². The van der Waals surface area contributed by atoms with Crippen molar-refractivity contribution in [2.75, 3.05) is 10.6 Å². The van der Waals surface area contributed by atoms with Gasteiger partial charge in [-0.05, 0) is 30.2 Å². The molecule has 0 aliphatic heterocycles. The van der Waals surface area contributed by atoms with Crippen molar-refractivity contribution in [2.45, 2.75) is 13.5 Å². The molecule has 6 heteroatoms. The number of anilines is 3. The number of fused-ring (bicyclic) bond motifs is 1. The molecule has 2 N–H and O–H groups in total. The Labute approximate surface area is 151 Å². The summed E-state index contributed by atoms with van der Waals surface area (Å²) in [7, 11) is 1.88. The summed E-state index contributed by atoms with van der Waals surface area (Å²) in [6, 6.07) is 18.4. The lowest BCUT2D eigenvalue weighted by atomic mass is 10.2. The summed E-state index contributed by atoms with van der Waals surface area (Å²) < 4.78 is 1.76. The minimum Gasteiger partial charge on any atom is -0.365 e. The highest BCUT2D eigenvalue weighted by Gasteiger charge is 2.12. The quantitative estimate of drug-likeness (QED) is 0.572. The Morgan fingerprint density at radius 3 is 2.65 bits per heavy atom. The van der Waals surface area contributed by atoms with Crippen molar-refractivity contribution >= 4 is 28.5 Å². The summed E-state index contributed by atoms with van der Waals surface area (Å²) in [5.41, 5.74) is 4.11. The van der Waals surface area contributed by atoms with E-state index in [0.29, 0.717) is 12.5 Å². The summed E-state index contributed by atoms with van der Waals surface area (Å²) in [6.07, 6.45) is 1.79. The summed E-state index contributed by atoms with van der Waals surface area (Å²) in [4.78, 5) is 9.28. The molecule has 6 nitrogen and oxygen atoms in total. The maximum Gasteiger partial charge on any atom is 0.231 e. The van der Waals surface area contributed by atoms with Gasteiger partial charge in [0.2, 0.25) is 5.95 Å². The maximum atomic E-state index is 4.67. The van der Waals surface area contributed by atoms with Crippen molar-refractivity contribution < 1.29 is 0 Å². The Hall–Kier alpha value is -3.41. The zero-order valence-corrected chi connectivity index (χ0v) is 14.8. The van der Waals surface area contributed by atoms with E-state index in [9.17, 15) is 0 Å². The number of nitrogens with zero attached hydrogens (tertiary/aromatic N) is 4. The van der Waals surface area contributed by atoms with E-state index in [1.54, 1.807) is 10.9 Å². The van der Waals surface area contributed by atoms with Gasteiger partial charge in [-0.1, -0.05) is 42.5 Å². The number of rotatable bonds is 5. The molecule has 0 unspecified atom stereocenters. The van der Waals surface area contributed by atoms with Gasteiger partial charge in [0, 0.05) is 19.3 Å². The van der Waals surface area contributed by atoms with E-state index in [0.717, 1.165) is 22.5 Å². The Morgan fingerprint density at radius 1 is 1.00 bits per heavy atom. The predicted molar refractivity (Wildman–Crippen MR) is 105 cm³/mol. The van der Waals surface area contributed by atoms with Crippen LogP contribution < -0.4 is 10.6 Å². The van der Waals surface area contributed by atoms with Crippen molar-refractivity contribution in [3.05, 3.63) is 71.9 Å². The topological polar surface area (TPSA) is 67.7 Å². The molecule has 0 saturated carbocycles. The lowest BCUT2D eigenvalue weighted by molar-refractivity contribution is 0.786. The average molecular weight is 344 g/mol. The van der Waals surface area contributed by atoms with E-state index in [1.165, 1.54) is 11.1 Å². The highest BCUT2D eigenvalue weighted by atomic mass is 15.3. The van der Waals surface area contributed by atoms with Crippen LogP contribution in [0.5, 0.6) is 0 Å². The zero-order valence-electron chi connectivity index (χ0n) is 14.8. The van der Waals surface area contributed by atoms with E-state index in [1.807, 2.05) is 37.4 Å². The van der Waals surface area contributed by atoms with Crippen LogP contribution >= 0.6 is 0 Å². The standard InChI is InChI=1S/C20H20N6/c1-14-7-6-10-16(11-14)23-20-24-18(17-13-22-26(2)19(17)25-20)21-12-15-8-4-3-5-9-15/h3-11,13H,12H2,1-2H3,(H2,21,23,24,25). The lowest BCUT2D eigenvalue weighted by Crippen LogP contribution is -2.06. The van der Waals surface area contributed by atoms with E-state index in [4.69, 9.17) is 0 Å². The van der Waals surface area contributed by atoms with E-state index in [-0.39, 0.29) is 0 Å². The molecule has 4 rings (SSSR count). The molecule has 2 aromatic carbocycles. The third-order valence-corrected chi connectivity index (χ3v) is 4.17. The van der Waals surface area contributed by atoms with Crippen molar-refractivity contribution in [2.24, 2.45) is 7.05 Å². The van der Waals surface area contributed by atoms with Gasteiger partial charge in [0.05, 0.1) is 11.6 Å². The summed E-state index contributed by atoms with van der Waals surface area (Å²) in [5, 5.41) is 11.9. The molecule has 0 aliphatic rings. The number of hydrogen-bond acceptors (Lipinski definition) is 5. The van der Waals surface area contributed by atoms with Crippen LogP contribution in [0, 0.1) is 6.92 Å². The molecule has 0 saturated heterocycles. The second kappa shape index (κ2) is 6.84. The Bertz CT molecular complexity index is 1040. The van der Waals surface area contributed by atoms with Gasteiger partial charge in [0.15, 0.2) is 5.65 Å². The van der Waals surface area contributed by atoms with Crippen LogP contribution in [0.2, 0.25) is 0 Å². The Kier molecular flexibility index (Phi) is 4.23. The monoisotopic (exact) mass is 344 g/mol. The second-order valence-corrected chi connectivity index (χ2v) is 6.23. The van der Waals surface area contributed by atoms with Crippen molar-refractivity contribution in [1.82, 2.24) is 19.7 Å². The van der Waals surface area contributed by atoms with E-state index >= 15 is 0 Å². The SMILES string of the molecule is Cc1cccc(Nc2nc(NCc3ccccc3)c3cnn(C)c3n2)c1. The molecule has 0 spiro atoms. The molecule has 0 aliphatic carbocycles. The summed E-state index contributed by atoms with van der Waals surface area (Å²) in [6.45, 7) is 2.74. The number of nitrogens with one attached hydrogen (secondary N) is 2. The molecule has 2 aromatic heterocycles. The van der Waals surface area contributed by atoms with Gasteiger partial charge in [-0.3, -0.25) is 4.68 Å². The second-order valence-electron chi connectivity index (χ2n) is 6.23. The largest absolute Gasteiger partial charge is 0.365 e. The number of aromatic nitrogens is 4. The van der Waals surface area contributed by atoms with Crippen molar-refractivity contribution in [3.8, 4) is 0 Å². The molecule has 2 heterocycles. The van der Waals surface area contributed by atoms with Crippen LogP contribution in [0.1, 0.15) is 11.1 Å². The fraction of sp³-hybridized carbons (Fsp3) is 0.150. The maximum absolute atomic E-state index is 4.67. The minimum absolute atomic E-state index is 0.544.